The number of hydrazone groups is 1. The molecule has 1 aromatic carbocycles. The van der Waals surface area contributed by atoms with E-state index in [9.17, 15) is 0 Å². The summed E-state index contributed by atoms with van der Waals surface area (Å²) in [6.07, 6.45) is 1.69. The summed E-state index contributed by atoms with van der Waals surface area (Å²) < 4.78 is 1.53. The first-order chi connectivity index (χ1) is 6.36. The first-order valence-corrected chi connectivity index (χ1v) is 4.34. The van der Waals surface area contributed by atoms with Crippen LogP contribution in [0.1, 0.15) is 5.56 Å². The minimum atomic E-state index is 0.765. The van der Waals surface area contributed by atoms with Crippen LogP contribution in [-0.4, -0.2) is 15.9 Å². The maximum atomic E-state index is 4.14. The van der Waals surface area contributed by atoms with E-state index in [0.717, 1.165) is 6.54 Å². The van der Waals surface area contributed by atoms with Gasteiger partial charge in [0.1, 0.15) is 6.34 Å². The Labute approximate surface area is 82.3 Å². The topological polar surface area (TPSA) is 30.9 Å². The molecule has 2 rings (SSSR count). The van der Waals surface area contributed by atoms with Crippen LogP contribution in [-0.2, 0) is 6.54 Å². The van der Waals surface area contributed by atoms with Gasteiger partial charge in [-0.1, -0.05) is 34.9 Å². The van der Waals surface area contributed by atoms with Crippen LogP contribution in [0.3, 0.4) is 0 Å². The molecule has 0 radical (unpaired) electrons. The lowest BCUT2D eigenvalue weighted by molar-refractivity contribution is 0.139. The van der Waals surface area contributed by atoms with Crippen LogP contribution in [0.15, 0.2) is 35.4 Å². The fourth-order valence-corrected chi connectivity index (χ4v) is 1.29. The first-order valence-electron chi connectivity index (χ1n) is 3.94. The number of hydrazine groups is 2. The predicted molar refractivity (Wildman–Crippen MR) is 54.4 cm³/mol. The summed E-state index contributed by atoms with van der Waals surface area (Å²) in [4.78, 5) is 0. The molecule has 0 aromatic heterocycles. The van der Waals surface area contributed by atoms with Crippen molar-refractivity contribution in [2.24, 2.45) is 5.10 Å². The third kappa shape index (κ3) is 1.93. The molecule has 5 heteroatoms. The van der Waals surface area contributed by atoms with Gasteiger partial charge in [-0.3, -0.25) is 5.01 Å². The van der Waals surface area contributed by atoms with E-state index in [4.69, 9.17) is 0 Å². The summed E-state index contributed by atoms with van der Waals surface area (Å²) in [6, 6.07) is 10.2. The molecule has 0 atom stereocenters. The molecular weight excluding hydrogens is 184 g/mol. The number of nitrogens with one attached hydrogen (secondary N) is 1. The minimum Gasteiger partial charge on any atom is -0.261 e. The molecule has 1 aliphatic heterocycles. The number of hydrogen-bond donors (Lipinski definition) is 2. The van der Waals surface area contributed by atoms with Crippen molar-refractivity contribution in [3.05, 3.63) is 35.9 Å². The summed E-state index contributed by atoms with van der Waals surface area (Å²) in [5, 5.41) is 5.70. The van der Waals surface area contributed by atoms with E-state index in [1.807, 2.05) is 23.2 Å². The number of hydrogen-bond acceptors (Lipinski definition) is 5. The molecule has 1 heterocycles. The minimum absolute atomic E-state index is 0.765. The third-order valence-corrected chi connectivity index (χ3v) is 2.09. The highest BCUT2D eigenvalue weighted by Crippen LogP contribution is 2.08. The molecule has 4 nitrogen and oxygen atoms in total. The average Bonchev–Trinajstić information content (AvgIpc) is 2.54. The molecule has 0 spiro atoms. The Hall–Kier alpha value is -1.20. The van der Waals surface area contributed by atoms with Crippen LogP contribution in [0.4, 0.5) is 0 Å². The highest BCUT2D eigenvalue weighted by molar-refractivity contribution is 7.77. The molecule has 0 unspecified atom stereocenters. The van der Waals surface area contributed by atoms with Crippen molar-refractivity contribution in [2.45, 2.75) is 6.54 Å². The van der Waals surface area contributed by atoms with Gasteiger partial charge in [-0.2, -0.15) is 5.10 Å². The van der Waals surface area contributed by atoms with Gasteiger partial charge in [-0.05, 0) is 18.4 Å². The van der Waals surface area contributed by atoms with Crippen LogP contribution in [0.25, 0.3) is 0 Å². The Morgan fingerprint density at radius 2 is 2.08 bits per heavy atom. The van der Waals surface area contributed by atoms with Gasteiger partial charge in [0, 0.05) is 0 Å². The lowest BCUT2D eigenvalue weighted by Gasteiger charge is -2.20. The molecule has 0 saturated heterocycles. The van der Waals surface area contributed by atoms with Crippen molar-refractivity contribution in [2.75, 3.05) is 0 Å². The van der Waals surface area contributed by atoms with E-state index in [1.54, 1.807) is 6.34 Å². The van der Waals surface area contributed by atoms with Crippen molar-refractivity contribution < 1.29 is 0 Å². The highest BCUT2D eigenvalue weighted by atomic mass is 32.1. The molecular formula is C8H10N4S. The van der Waals surface area contributed by atoms with Crippen LogP contribution < -0.4 is 5.53 Å². The summed E-state index contributed by atoms with van der Waals surface area (Å²) in [7, 11) is 0. The number of rotatable bonds is 2. The van der Waals surface area contributed by atoms with Crippen molar-refractivity contribution >= 4 is 19.2 Å². The van der Waals surface area contributed by atoms with Gasteiger partial charge in [0.2, 0.25) is 0 Å². The molecule has 0 bridgehead atoms. The second kappa shape index (κ2) is 3.68. The summed E-state index contributed by atoms with van der Waals surface area (Å²) >= 11 is 4.14. The zero-order chi connectivity index (χ0) is 9.10. The van der Waals surface area contributed by atoms with Crippen LogP contribution in [0.5, 0.6) is 0 Å². The molecule has 1 aromatic rings. The maximum Gasteiger partial charge on any atom is 0.129 e. The van der Waals surface area contributed by atoms with Crippen LogP contribution in [0.2, 0.25) is 0 Å². The quantitative estimate of drug-likeness (QED) is 0.689. The van der Waals surface area contributed by atoms with E-state index < -0.39 is 0 Å². The van der Waals surface area contributed by atoms with E-state index >= 15 is 0 Å². The second-order valence-corrected chi connectivity index (χ2v) is 3.10. The summed E-state index contributed by atoms with van der Waals surface area (Å²) in [5.74, 6) is 0. The van der Waals surface area contributed by atoms with Crippen molar-refractivity contribution in [3.8, 4) is 0 Å². The molecule has 1 aliphatic rings. The van der Waals surface area contributed by atoms with Crippen molar-refractivity contribution in [3.63, 3.8) is 0 Å². The van der Waals surface area contributed by atoms with E-state index in [2.05, 4.69) is 35.6 Å². The van der Waals surface area contributed by atoms with Gasteiger partial charge >= 0.3 is 0 Å². The van der Waals surface area contributed by atoms with Crippen LogP contribution >= 0.6 is 12.8 Å². The Kier molecular flexibility index (Phi) is 2.37. The van der Waals surface area contributed by atoms with Gasteiger partial charge in [0.15, 0.2) is 0 Å². The standard InChI is InChI=1S/C8H10N4S/c13-12-10-9-7-11(12)6-8-4-2-1-3-5-8/h1-5,7,10,13H,6H2. The maximum absolute atomic E-state index is 4.14. The third-order valence-electron chi connectivity index (χ3n) is 1.77. The molecule has 0 amide bonds. The Morgan fingerprint density at radius 1 is 1.31 bits per heavy atom. The normalized spacial score (nSPS) is 16.2. The lowest BCUT2D eigenvalue weighted by Crippen LogP contribution is -2.34. The monoisotopic (exact) mass is 194 g/mol. The van der Waals surface area contributed by atoms with Crippen LogP contribution in [0, 0.1) is 0 Å². The lowest BCUT2D eigenvalue weighted by atomic mass is 10.2. The van der Waals surface area contributed by atoms with Gasteiger partial charge in [0.05, 0.1) is 6.54 Å². The van der Waals surface area contributed by atoms with Crippen molar-refractivity contribution in [1.29, 1.82) is 0 Å². The van der Waals surface area contributed by atoms with Gasteiger partial charge < -0.3 is 0 Å². The fourth-order valence-electron chi connectivity index (χ4n) is 1.13. The predicted octanol–water partition coefficient (Wildman–Crippen LogP) is 1.01. The Bertz CT molecular complexity index is 300. The van der Waals surface area contributed by atoms with Gasteiger partial charge in [-0.25, -0.2) is 5.53 Å². The Morgan fingerprint density at radius 3 is 2.69 bits per heavy atom. The fraction of sp³-hybridized carbons (Fsp3) is 0.125. The van der Waals surface area contributed by atoms with Gasteiger partial charge in [-0.15, -0.1) is 0 Å². The second-order valence-electron chi connectivity index (χ2n) is 2.72. The average molecular weight is 194 g/mol. The molecule has 68 valence electrons. The summed E-state index contributed by atoms with van der Waals surface area (Å²) in [6.45, 7) is 0.765. The molecule has 13 heavy (non-hydrogen) atoms. The first kappa shape index (κ1) is 8.40. The van der Waals surface area contributed by atoms with E-state index in [-0.39, 0.29) is 0 Å². The molecule has 0 aliphatic carbocycles. The highest BCUT2D eigenvalue weighted by Gasteiger charge is 2.12. The van der Waals surface area contributed by atoms with Gasteiger partial charge in [0.25, 0.3) is 0 Å². The zero-order valence-electron chi connectivity index (χ0n) is 6.96. The smallest absolute Gasteiger partial charge is 0.129 e. The summed E-state index contributed by atoms with van der Waals surface area (Å²) in [5.41, 5.74) is 3.90. The Balaban J connectivity index is 2.02. The molecule has 0 saturated carbocycles. The molecule has 0 fully saturated rings. The van der Waals surface area contributed by atoms with E-state index in [1.165, 1.54) is 10.1 Å². The largest absolute Gasteiger partial charge is 0.261 e. The number of benzene rings is 1. The zero-order valence-corrected chi connectivity index (χ0v) is 7.85. The van der Waals surface area contributed by atoms with Crippen molar-refractivity contribution in [1.82, 2.24) is 15.1 Å². The SMILES string of the molecule is SN1NN=CN1Cc1ccccc1. The number of thiol groups is 1. The number of nitrogens with zero attached hydrogens (tertiary/aromatic N) is 3. The molecule has 1 N–H and O–H groups in total. The van der Waals surface area contributed by atoms with E-state index in [0.29, 0.717) is 0 Å².